The number of hydrogen-bond donors (Lipinski definition) is 6. The van der Waals surface area contributed by atoms with Crippen molar-refractivity contribution in [3.8, 4) is 0 Å². The van der Waals surface area contributed by atoms with Crippen molar-refractivity contribution in [3.63, 3.8) is 0 Å². The predicted molar refractivity (Wildman–Crippen MR) is 280 cm³/mol. The molecule has 0 bridgehead atoms. The van der Waals surface area contributed by atoms with Gasteiger partial charge in [-0.25, -0.2) is 0 Å². The van der Waals surface area contributed by atoms with Gasteiger partial charge in [-0.15, -0.1) is 0 Å². The highest BCUT2D eigenvalue weighted by molar-refractivity contribution is 5.98. The van der Waals surface area contributed by atoms with Crippen LogP contribution in [0.1, 0.15) is 82.4 Å². The highest BCUT2D eigenvalue weighted by atomic mass is 16.2. The Morgan fingerprint density at radius 3 is 1.32 bits per heavy atom. The smallest absolute Gasteiger partial charge is 0.253 e. The second-order valence-corrected chi connectivity index (χ2v) is 21.0. The van der Waals surface area contributed by atoms with Gasteiger partial charge in [0.2, 0.25) is 35.4 Å². The molecule has 0 spiro atoms. The maximum atomic E-state index is 14.5. The van der Waals surface area contributed by atoms with Crippen LogP contribution in [0.4, 0.5) is 0 Å². The molecule has 0 saturated carbocycles. The number of amides is 7. The van der Waals surface area contributed by atoms with Gasteiger partial charge in [-0.3, -0.25) is 33.6 Å². The van der Waals surface area contributed by atoms with Crippen LogP contribution in [0.15, 0.2) is 91.5 Å². The molecular formula is C55H78N10O7. The molecule has 390 valence electrons. The number of rotatable bonds is 19. The Bertz CT molecular complexity index is 2200. The Morgan fingerprint density at radius 2 is 0.931 bits per heavy atom. The minimum Gasteiger partial charge on any atom is -0.367 e. The fourth-order valence-corrected chi connectivity index (χ4v) is 8.75. The Hall–Kier alpha value is -6.59. The van der Waals surface area contributed by atoms with E-state index in [1.165, 1.54) is 4.90 Å². The second kappa shape index (κ2) is 25.2. The molecule has 2 heterocycles. The van der Waals surface area contributed by atoms with E-state index in [1.807, 2.05) is 107 Å². The highest BCUT2D eigenvalue weighted by Gasteiger charge is 2.45. The molecule has 0 unspecified atom stereocenters. The van der Waals surface area contributed by atoms with E-state index in [2.05, 4.69) is 38.5 Å². The zero-order valence-electron chi connectivity index (χ0n) is 44.0. The van der Waals surface area contributed by atoms with Crippen molar-refractivity contribution in [1.82, 2.24) is 51.5 Å². The molecule has 3 aromatic rings. The minimum absolute atomic E-state index is 0.0632. The summed E-state index contributed by atoms with van der Waals surface area (Å²) in [6.45, 7) is 20.5. The van der Waals surface area contributed by atoms with Gasteiger partial charge in [-0.1, -0.05) is 121 Å². The fourth-order valence-electron chi connectivity index (χ4n) is 8.75. The summed E-state index contributed by atoms with van der Waals surface area (Å²) in [5.74, 6) is -2.49. The van der Waals surface area contributed by atoms with Crippen LogP contribution in [0, 0.1) is 10.8 Å². The van der Waals surface area contributed by atoms with Gasteiger partial charge in [0.25, 0.3) is 5.91 Å². The molecule has 72 heavy (non-hydrogen) atoms. The topological polar surface area (TPSA) is 205 Å². The van der Waals surface area contributed by atoms with Crippen LogP contribution in [-0.2, 0) is 41.6 Å². The summed E-state index contributed by atoms with van der Waals surface area (Å²) in [5, 5.41) is 17.7. The lowest BCUT2D eigenvalue weighted by Gasteiger charge is -2.45. The molecule has 6 atom stereocenters. The van der Waals surface area contributed by atoms with Crippen molar-refractivity contribution < 1.29 is 33.6 Å². The van der Waals surface area contributed by atoms with Gasteiger partial charge in [-0.05, 0) is 80.4 Å². The van der Waals surface area contributed by atoms with Gasteiger partial charge in [-0.2, -0.15) is 0 Å². The summed E-state index contributed by atoms with van der Waals surface area (Å²) in [6.07, 6.45) is 1.17. The van der Waals surface area contributed by atoms with Gasteiger partial charge in [0.15, 0.2) is 0 Å². The summed E-state index contributed by atoms with van der Waals surface area (Å²) in [7, 11) is 3.33. The number of nitrogens with zero attached hydrogens (tertiary/aromatic N) is 4. The monoisotopic (exact) mass is 991 g/mol. The molecule has 7 amide bonds. The molecule has 0 aliphatic carbocycles. The van der Waals surface area contributed by atoms with Gasteiger partial charge in [0, 0.05) is 57.1 Å². The normalized spacial score (nSPS) is 18.0. The van der Waals surface area contributed by atoms with E-state index in [-0.39, 0.29) is 62.3 Å². The number of likely N-dealkylation sites (N-methyl/N-ethyl adjacent to an activating group) is 2. The number of carbonyl (C=O) groups is 7. The molecule has 2 aliphatic rings. The summed E-state index contributed by atoms with van der Waals surface area (Å²) in [5.41, 5.74) is 2.38. The van der Waals surface area contributed by atoms with E-state index >= 15 is 0 Å². The SMILES string of the molecule is C=C(c1ccc(C(=O)N2CCN(C(=O)[C@@H](NC(=O)[C@H](C)NC)C(C)(C)C)[C@H](C(=O)NCCc3ccccc3)C2)cc1)N1CCN(C(=O)[C@@H](NC(=O)[C@H](C)NC)C(C)(C)C)[C@H](C(=O)NCCc2ccccc2)C1. The number of carbonyl (C=O) groups excluding carboxylic acids is 7. The van der Waals surface area contributed by atoms with Crippen LogP contribution >= 0.6 is 0 Å². The van der Waals surface area contributed by atoms with Crippen LogP contribution in [0.5, 0.6) is 0 Å². The first kappa shape index (κ1) is 56.3. The largest absolute Gasteiger partial charge is 0.367 e. The van der Waals surface area contributed by atoms with Crippen LogP contribution < -0.4 is 31.9 Å². The van der Waals surface area contributed by atoms with Crippen LogP contribution in [0.25, 0.3) is 5.70 Å². The molecule has 0 radical (unpaired) electrons. The number of benzene rings is 3. The first-order valence-corrected chi connectivity index (χ1v) is 25.1. The Balaban J connectivity index is 1.34. The summed E-state index contributed by atoms with van der Waals surface area (Å²) in [6, 6.07) is 21.6. The number of piperazine rings is 2. The van der Waals surface area contributed by atoms with E-state index < -0.39 is 58.9 Å². The third kappa shape index (κ3) is 14.7. The van der Waals surface area contributed by atoms with Crippen molar-refractivity contribution in [2.24, 2.45) is 10.8 Å². The highest BCUT2D eigenvalue weighted by Crippen LogP contribution is 2.28. The van der Waals surface area contributed by atoms with Crippen molar-refractivity contribution >= 4 is 47.0 Å². The fraction of sp³-hybridized carbons (Fsp3) is 0.509. The first-order chi connectivity index (χ1) is 34.0. The molecule has 2 aliphatic heterocycles. The third-order valence-corrected chi connectivity index (χ3v) is 13.6. The molecule has 17 heteroatoms. The van der Waals surface area contributed by atoms with Crippen molar-refractivity contribution in [2.45, 2.75) is 104 Å². The zero-order valence-corrected chi connectivity index (χ0v) is 44.0. The average Bonchev–Trinajstić information content (AvgIpc) is 3.37. The van der Waals surface area contributed by atoms with Crippen molar-refractivity contribution in [1.29, 1.82) is 0 Å². The first-order valence-electron chi connectivity index (χ1n) is 25.1. The van der Waals surface area contributed by atoms with Crippen molar-refractivity contribution in [2.75, 3.05) is 66.5 Å². The molecule has 2 saturated heterocycles. The Morgan fingerprint density at radius 1 is 0.556 bits per heavy atom. The summed E-state index contributed by atoms with van der Waals surface area (Å²) >= 11 is 0. The van der Waals surface area contributed by atoms with Gasteiger partial charge in [0.05, 0.1) is 18.6 Å². The molecule has 3 aromatic carbocycles. The predicted octanol–water partition coefficient (Wildman–Crippen LogP) is 2.82. The maximum Gasteiger partial charge on any atom is 0.253 e. The minimum atomic E-state index is -1.03. The maximum absolute atomic E-state index is 14.5. The van der Waals surface area contributed by atoms with E-state index in [0.717, 1.165) is 11.1 Å². The summed E-state index contributed by atoms with van der Waals surface area (Å²) < 4.78 is 0. The molecule has 6 N–H and O–H groups in total. The van der Waals surface area contributed by atoms with Gasteiger partial charge >= 0.3 is 0 Å². The number of hydrogen-bond acceptors (Lipinski definition) is 10. The lowest BCUT2D eigenvalue weighted by Crippen LogP contribution is -2.66. The molecule has 5 rings (SSSR count). The van der Waals surface area contributed by atoms with Crippen LogP contribution in [-0.4, -0.2) is 164 Å². The average molecular weight is 991 g/mol. The standard InChI is InChI=1S/C55H78N10O7/c1-36(56-10)47(66)60-45(54(4,5)6)52(71)64-32-30-62(34-43(64)49(68)58-28-26-39-18-14-12-15-19-39)38(3)41-22-24-42(25-23-41)51(70)63-31-33-65(53(72)46(55(7,8)9)61-48(67)37(2)57-11)44(35-63)50(69)59-29-27-40-20-16-13-17-21-40/h12-25,36-37,43-46,56-57H,3,26-35H2,1-2,4-11H3,(H,58,68)(H,59,69)(H,60,66)(H,61,67)/t36-,37-,43-,44-,45+,46+/m0/s1. The third-order valence-electron chi connectivity index (χ3n) is 13.6. The van der Waals surface area contributed by atoms with E-state index in [1.54, 1.807) is 62.0 Å². The Kier molecular flexibility index (Phi) is 19.7. The number of nitrogens with one attached hydrogen (secondary N) is 6. The van der Waals surface area contributed by atoms with Gasteiger partial charge < -0.3 is 51.5 Å². The molecular weight excluding hydrogens is 913 g/mol. The van der Waals surface area contributed by atoms with Crippen LogP contribution in [0.2, 0.25) is 0 Å². The van der Waals surface area contributed by atoms with E-state index in [0.29, 0.717) is 49.3 Å². The molecule has 0 aromatic heterocycles. The van der Waals surface area contributed by atoms with Crippen LogP contribution in [0.3, 0.4) is 0 Å². The second-order valence-electron chi connectivity index (χ2n) is 21.0. The Labute approximate surface area is 426 Å². The summed E-state index contributed by atoms with van der Waals surface area (Å²) in [4.78, 5) is 104. The van der Waals surface area contributed by atoms with Crippen molar-refractivity contribution in [3.05, 3.63) is 114 Å². The van der Waals surface area contributed by atoms with E-state index in [9.17, 15) is 33.6 Å². The lowest BCUT2D eigenvalue weighted by molar-refractivity contribution is -0.148. The zero-order chi connectivity index (χ0) is 52.9. The molecule has 17 nitrogen and oxygen atoms in total. The lowest BCUT2D eigenvalue weighted by atomic mass is 9.85. The molecule has 2 fully saturated rings. The quantitative estimate of drug-likeness (QED) is 0.104. The van der Waals surface area contributed by atoms with E-state index in [4.69, 9.17) is 0 Å². The van der Waals surface area contributed by atoms with Gasteiger partial charge in [0.1, 0.15) is 24.2 Å².